The van der Waals surface area contributed by atoms with Gasteiger partial charge in [0.25, 0.3) is 0 Å². The van der Waals surface area contributed by atoms with Gasteiger partial charge in [-0.05, 0) is 58.4 Å². The molecule has 0 aliphatic heterocycles. The largest absolute Gasteiger partial charge is 0 e. The van der Waals surface area contributed by atoms with Gasteiger partial charge in [0, 0.05) is 37.4 Å². The van der Waals surface area contributed by atoms with Crippen LogP contribution in [0.4, 0.5) is 0 Å². The van der Waals surface area contributed by atoms with Crippen LogP contribution in [0.25, 0.3) is 72.4 Å². The van der Waals surface area contributed by atoms with Crippen molar-refractivity contribution in [3.8, 4) is 39.5 Å². The molecular weight excluding hydrogens is 1020 g/mol. The zero-order valence-electron chi connectivity index (χ0n) is 39.3. The van der Waals surface area contributed by atoms with Crippen LogP contribution >= 0.6 is 0 Å². The first-order chi connectivity index (χ1) is 31.3. The van der Waals surface area contributed by atoms with Crippen molar-refractivity contribution in [3.05, 3.63) is 199 Å². The summed E-state index contributed by atoms with van der Waals surface area (Å²) in [5.74, 6) is 8.20. The van der Waals surface area contributed by atoms with Crippen LogP contribution in [-0.2, 0) is 26.5 Å². The Balaban J connectivity index is 0.000000197. The molecule has 6 aromatic carbocycles. The summed E-state index contributed by atoms with van der Waals surface area (Å²) in [4.78, 5) is 14.2. The van der Waals surface area contributed by atoms with Crippen LogP contribution in [0.3, 0.4) is 0 Å². The number of hydrogen-bond acceptors (Lipinski definition) is 4. The number of nitrogens with zero attached hydrogens (tertiary/aromatic N) is 4. The van der Waals surface area contributed by atoms with Gasteiger partial charge in [-0.3, -0.25) is 9.97 Å². The van der Waals surface area contributed by atoms with E-state index >= 15 is 0 Å². The number of furan rings is 1. The zero-order valence-corrected chi connectivity index (χ0v) is 41.8. The maximum Gasteiger partial charge on any atom is 0 e. The van der Waals surface area contributed by atoms with Crippen molar-refractivity contribution in [2.75, 3.05) is 0 Å². The number of imidazole rings is 1. The van der Waals surface area contributed by atoms with Crippen LogP contribution in [0.2, 0.25) is 17.3 Å². The molecule has 0 bridgehead atoms. The first kappa shape index (κ1) is 42.1. The average molecular weight is 1080 g/mol. The second kappa shape index (κ2) is 19.0. The number of benzene rings is 6. The van der Waals surface area contributed by atoms with E-state index in [1.165, 1.54) is 27.9 Å². The van der Waals surface area contributed by atoms with Gasteiger partial charge in [0.2, 0.25) is 0 Å². The molecule has 0 amide bonds. The van der Waals surface area contributed by atoms with E-state index in [0.717, 1.165) is 65.6 Å². The van der Waals surface area contributed by atoms with Crippen LogP contribution in [-0.4, -0.2) is 32.8 Å². The molecule has 10 rings (SSSR count). The molecule has 0 aliphatic carbocycles. The third kappa shape index (κ3) is 9.05. The standard InChI is InChI=1S/C36H30N3O.C21H22GeN.Ir/c1-22(2)29-19-25(24-11-6-5-7-12-24)20-30(23(3)4)34(29)39-32-17-18-37-21-31(32)38-36(39)28-15-10-14-27-26-13-8-9-16-33(26)40-35(27)28;1-22(2,3)20-16-23-21(18-12-8-5-9-13-18)15-19(20)14-17-10-6-4-7-11-17;/h5-14,16-23H,1-4H3;4-12,15-16H,14H2,1-3H3;/q2*-1;/i;14D2;. The quantitative estimate of drug-likeness (QED) is 0.107. The summed E-state index contributed by atoms with van der Waals surface area (Å²) in [6.45, 7) is 9.07. The van der Waals surface area contributed by atoms with Gasteiger partial charge in [0.1, 0.15) is 5.58 Å². The Morgan fingerprint density at radius 3 is 2.08 bits per heavy atom. The molecule has 10 aromatic rings. The molecule has 0 N–H and O–H groups in total. The Hall–Kier alpha value is -5.92. The van der Waals surface area contributed by atoms with Crippen LogP contribution in [0.15, 0.2) is 169 Å². The van der Waals surface area contributed by atoms with Crippen molar-refractivity contribution in [2.45, 2.75) is 63.2 Å². The molecule has 7 heteroatoms. The smallest absolute Gasteiger partial charge is 0 e. The van der Waals surface area contributed by atoms with Crippen molar-refractivity contribution >= 4 is 50.6 Å². The summed E-state index contributed by atoms with van der Waals surface area (Å²) >= 11 is -2.30. The summed E-state index contributed by atoms with van der Waals surface area (Å²) < 4.78 is 27.6. The van der Waals surface area contributed by atoms with Gasteiger partial charge in [-0.2, -0.15) is 0 Å². The van der Waals surface area contributed by atoms with Gasteiger partial charge in [0.15, 0.2) is 0 Å². The Bertz CT molecular complexity index is 3260. The molecule has 5 nitrogen and oxygen atoms in total. The molecule has 0 saturated carbocycles. The first-order valence-corrected chi connectivity index (χ1v) is 29.1. The number of aromatic nitrogens is 4. The average Bonchev–Trinajstić information content (AvgIpc) is 3.90. The fourth-order valence-electron chi connectivity index (χ4n) is 8.33. The molecule has 64 heavy (non-hydrogen) atoms. The van der Waals surface area contributed by atoms with Crippen LogP contribution in [0.1, 0.15) is 64.5 Å². The van der Waals surface area contributed by atoms with Crippen molar-refractivity contribution in [2.24, 2.45) is 0 Å². The van der Waals surface area contributed by atoms with Gasteiger partial charge in [0.05, 0.1) is 28.6 Å². The molecule has 0 atom stereocenters. The van der Waals surface area contributed by atoms with Crippen molar-refractivity contribution in [3.63, 3.8) is 0 Å². The van der Waals surface area contributed by atoms with E-state index in [-0.39, 0.29) is 31.9 Å². The SMILES string of the molecule is CC(C)c1cc(-c2ccccc2)cc(C(C)C)c1-n1c(-c2[c-]ccc3c2oc2ccccc23)nc2cnccc21.[2H]C([2H])(c1ccccc1)c1cc(-c2[c-]cccc2)nc[c]1[Ge]([CH3])([CH3])[CH3].[Ir]. The van der Waals surface area contributed by atoms with Gasteiger partial charge in [-0.15, -0.1) is 18.2 Å². The molecule has 1 radical (unpaired) electrons. The normalized spacial score (nSPS) is 12.3. The fourth-order valence-corrected chi connectivity index (χ4v) is 11.3. The Labute approximate surface area is 396 Å². The topological polar surface area (TPSA) is 56.7 Å². The van der Waals surface area contributed by atoms with Gasteiger partial charge < -0.3 is 8.98 Å². The zero-order chi connectivity index (χ0) is 45.5. The fraction of sp³-hybridized carbons (Fsp3) is 0.175. The number of para-hydroxylation sites is 1. The predicted molar refractivity (Wildman–Crippen MR) is 265 cm³/mol. The van der Waals surface area contributed by atoms with Crippen LogP contribution < -0.4 is 4.40 Å². The molecule has 0 aliphatic rings. The number of hydrogen-bond donors (Lipinski definition) is 0. The summed E-state index contributed by atoms with van der Waals surface area (Å²) in [6, 6.07) is 55.3. The Morgan fingerprint density at radius 1 is 0.703 bits per heavy atom. The molecule has 0 fully saturated rings. The minimum Gasteiger partial charge on any atom is 0 e. The van der Waals surface area contributed by atoms with E-state index in [4.69, 9.17) is 12.1 Å². The maximum absolute atomic E-state index is 8.85. The summed E-state index contributed by atoms with van der Waals surface area (Å²) in [6.07, 6.45) is 4.03. The van der Waals surface area contributed by atoms with Gasteiger partial charge in [-0.1, -0.05) is 87.2 Å². The minimum absolute atomic E-state index is 0. The van der Waals surface area contributed by atoms with E-state index in [9.17, 15) is 0 Å². The van der Waals surface area contributed by atoms with Crippen LogP contribution in [0, 0.1) is 12.1 Å². The van der Waals surface area contributed by atoms with Crippen molar-refractivity contribution < 1.29 is 27.3 Å². The van der Waals surface area contributed by atoms with E-state index in [2.05, 4.69) is 132 Å². The van der Waals surface area contributed by atoms with E-state index in [0.29, 0.717) is 5.56 Å². The second-order valence-electron chi connectivity index (χ2n) is 17.6. The predicted octanol–water partition coefficient (Wildman–Crippen LogP) is 14.4. The first-order valence-electron chi connectivity index (χ1n) is 22.7. The molecule has 4 aromatic heterocycles. The third-order valence-corrected chi connectivity index (χ3v) is 15.7. The van der Waals surface area contributed by atoms with Gasteiger partial charge >= 0.3 is 144 Å². The monoisotopic (exact) mass is 1080 g/mol. The molecule has 321 valence electrons. The number of rotatable bonds is 9. The molecule has 0 unspecified atom stereocenters. The number of pyridine rings is 2. The maximum atomic E-state index is 8.85. The Kier molecular flexibility index (Phi) is 12.5. The Morgan fingerprint density at radius 2 is 1.39 bits per heavy atom. The molecular formula is C57H52GeIrN4O-2. The summed E-state index contributed by atoms with van der Waals surface area (Å²) in [5, 5.41) is 2.16. The second-order valence-corrected chi connectivity index (χ2v) is 28.2. The summed E-state index contributed by atoms with van der Waals surface area (Å²) in [7, 11) is 0. The van der Waals surface area contributed by atoms with Gasteiger partial charge in [-0.25, -0.2) is 0 Å². The molecule has 0 spiro atoms. The third-order valence-electron chi connectivity index (χ3n) is 11.5. The van der Waals surface area contributed by atoms with Crippen LogP contribution in [0.5, 0.6) is 0 Å². The van der Waals surface area contributed by atoms with E-state index in [1.807, 2.05) is 104 Å². The van der Waals surface area contributed by atoms with Crippen molar-refractivity contribution in [1.82, 2.24) is 19.5 Å². The van der Waals surface area contributed by atoms with Crippen molar-refractivity contribution in [1.29, 1.82) is 0 Å². The van der Waals surface area contributed by atoms with E-state index in [1.54, 1.807) is 0 Å². The number of fused-ring (bicyclic) bond motifs is 4. The minimum atomic E-state index is -2.30. The summed E-state index contributed by atoms with van der Waals surface area (Å²) in [5.41, 5.74) is 13.6. The molecule has 0 saturated heterocycles. The van der Waals surface area contributed by atoms with E-state index < -0.39 is 19.6 Å². The molecule has 4 heterocycles.